The first-order valence-electron chi connectivity index (χ1n) is 7.51. The first-order valence-corrected chi connectivity index (χ1v) is 8.39. The number of hydrogen-bond donors (Lipinski definition) is 2. The molecule has 0 bridgehead atoms. The minimum atomic E-state index is -0.611. The molecule has 2 unspecified atom stereocenters. The van der Waals surface area contributed by atoms with Crippen LogP contribution in [0.5, 0.6) is 0 Å². The number of methoxy groups -OCH3 is 2. The number of amides is 2. The molecular formula is C15H22ClN3O5S. The molecule has 1 aromatic rings. The van der Waals surface area contributed by atoms with E-state index in [2.05, 4.69) is 5.32 Å². The number of carbonyl (C=O) groups excluding carboxylic acids is 3. The molecule has 3 N–H and O–H groups in total. The Hall–Kier alpha value is -1.68. The summed E-state index contributed by atoms with van der Waals surface area (Å²) in [6.45, 7) is 0.658. The highest BCUT2D eigenvalue weighted by atomic mass is 35.5. The second kappa shape index (κ2) is 9.71. The predicted octanol–water partition coefficient (Wildman–Crippen LogP) is 0.542. The number of nitrogens with one attached hydrogen (secondary N) is 1. The molecule has 0 saturated carbocycles. The number of halogens is 1. The highest BCUT2D eigenvalue weighted by Gasteiger charge is 2.36. The topological polar surface area (TPSA) is 111 Å². The Kier molecular flexibility index (Phi) is 8.30. The van der Waals surface area contributed by atoms with Gasteiger partial charge in [0.2, 0.25) is 11.8 Å². The van der Waals surface area contributed by atoms with Crippen molar-refractivity contribution in [2.45, 2.75) is 25.0 Å². The van der Waals surface area contributed by atoms with Gasteiger partial charge < -0.3 is 25.4 Å². The van der Waals surface area contributed by atoms with Crippen LogP contribution < -0.4 is 16.0 Å². The van der Waals surface area contributed by atoms with Crippen LogP contribution in [0.1, 0.15) is 23.2 Å². The van der Waals surface area contributed by atoms with Gasteiger partial charge in [-0.25, -0.2) is 4.79 Å². The maximum Gasteiger partial charge on any atom is 0.340 e. The smallest absolute Gasteiger partial charge is 0.340 e. The number of rotatable bonds is 7. The fraction of sp³-hybridized carbons (Fsp3) is 0.533. The van der Waals surface area contributed by atoms with Crippen molar-refractivity contribution < 1.29 is 23.9 Å². The third-order valence-corrected chi connectivity index (χ3v) is 4.78. The number of esters is 1. The van der Waals surface area contributed by atoms with E-state index in [0.717, 1.165) is 0 Å². The van der Waals surface area contributed by atoms with Gasteiger partial charge >= 0.3 is 5.97 Å². The Bertz CT molecular complexity index is 620. The molecule has 1 saturated heterocycles. The van der Waals surface area contributed by atoms with Gasteiger partial charge in [0, 0.05) is 20.2 Å². The van der Waals surface area contributed by atoms with E-state index >= 15 is 0 Å². The van der Waals surface area contributed by atoms with E-state index in [0.29, 0.717) is 23.5 Å². The van der Waals surface area contributed by atoms with Gasteiger partial charge in [0.05, 0.1) is 25.2 Å². The van der Waals surface area contributed by atoms with Crippen molar-refractivity contribution in [3.8, 4) is 0 Å². The molecule has 2 amide bonds. The zero-order chi connectivity index (χ0) is 17.7. The van der Waals surface area contributed by atoms with Gasteiger partial charge in [-0.15, -0.1) is 23.7 Å². The molecule has 2 heterocycles. The Morgan fingerprint density at radius 3 is 2.80 bits per heavy atom. The average molecular weight is 392 g/mol. The summed E-state index contributed by atoms with van der Waals surface area (Å²) in [6, 6.07) is 1.01. The summed E-state index contributed by atoms with van der Waals surface area (Å²) < 4.78 is 9.79. The number of thiophene rings is 1. The molecule has 8 nitrogen and oxygen atoms in total. The molecule has 0 spiro atoms. The predicted molar refractivity (Wildman–Crippen MR) is 96.3 cm³/mol. The lowest BCUT2D eigenvalue weighted by molar-refractivity contribution is -0.128. The van der Waals surface area contributed by atoms with Crippen molar-refractivity contribution in [3.63, 3.8) is 0 Å². The van der Waals surface area contributed by atoms with E-state index in [1.54, 1.807) is 11.4 Å². The van der Waals surface area contributed by atoms with Crippen LogP contribution >= 0.6 is 23.7 Å². The molecule has 10 heteroatoms. The minimum absolute atomic E-state index is 0. The largest absolute Gasteiger partial charge is 0.465 e. The van der Waals surface area contributed by atoms with Crippen LogP contribution in [-0.2, 0) is 19.1 Å². The second-order valence-corrected chi connectivity index (χ2v) is 6.22. The monoisotopic (exact) mass is 391 g/mol. The zero-order valence-electron chi connectivity index (χ0n) is 14.0. The Labute approximate surface area is 156 Å². The Balaban J connectivity index is 0.00000312. The highest BCUT2D eigenvalue weighted by molar-refractivity contribution is 7.14. The number of nitrogens with two attached hydrogens (primary N) is 1. The molecule has 2 atom stereocenters. The summed E-state index contributed by atoms with van der Waals surface area (Å²) in [5.74, 6) is -1.01. The second-order valence-electron chi connectivity index (χ2n) is 5.33. The van der Waals surface area contributed by atoms with Crippen LogP contribution in [0.15, 0.2) is 11.4 Å². The number of ether oxygens (including phenoxy) is 2. The van der Waals surface area contributed by atoms with Crippen LogP contribution in [-0.4, -0.2) is 57.2 Å². The van der Waals surface area contributed by atoms with Crippen molar-refractivity contribution in [1.29, 1.82) is 0 Å². The molecule has 1 aliphatic rings. The van der Waals surface area contributed by atoms with E-state index in [1.165, 1.54) is 30.5 Å². The summed E-state index contributed by atoms with van der Waals surface area (Å²) in [7, 11) is 2.78. The van der Waals surface area contributed by atoms with Crippen LogP contribution in [0, 0.1) is 0 Å². The maximum absolute atomic E-state index is 12.5. The van der Waals surface area contributed by atoms with Gasteiger partial charge in [-0.05, 0) is 17.9 Å². The van der Waals surface area contributed by atoms with Gasteiger partial charge in [-0.1, -0.05) is 0 Å². The van der Waals surface area contributed by atoms with Gasteiger partial charge in [-0.3, -0.25) is 9.59 Å². The van der Waals surface area contributed by atoms with E-state index in [9.17, 15) is 14.4 Å². The Morgan fingerprint density at radius 1 is 1.48 bits per heavy atom. The molecule has 1 aliphatic heterocycles. The lowest BCUT2D eigenvalue weighted by Gasteiger charge is -2.18. The van der Waals surface area contributed by atoms with E-state index in [4.69, 9.17) is 15.2 Å². The maximum atomic E-state index is 12.5. The molecule has 25 heavy (non-hydrogen) atoms. The molecule has 2 rings (SSSR count). The molecule has 0 aliphatic carbocycles. The summed E-state index contributed by atoms with van der Waals surface area (Å²) >= 11 is 1.29. The van der Waals surface area contributed by atoms with E-state index < -0.39 is 12.0 Å². The standard InChI is InChI=1S/C15H21N3O5S.ClH/c1-22-9(8-16)7-12(19)17-11-3-5-18(13(11)20)14-10(4-6-24-14)15(21)23-2;/h4,6,9,11H,3,5,7-8,16H2,1-2H3,(H,17,19);1H. The summed E-state index contributed by atoms with van der Waals surface area (Å²) in [5, 5.41) is 4.97. The molecule has 1 fully saturated rings. The van der Waals surface area contributed by atoms with E-state index in [1.807, 2.05) is 0 Å². The van der Waals surface area contributed by atoms with Crippen LogP contribution in [0.3, 0.4) is 0 Å². The summed E-state index contributed by atoms with van der Waals surface area (Å²) in [5.41, 5.74) is 5.84. The van der Waals surface area contributed by atoms with Crippen molar-refractivity contribution >= 4 is 46.5 Å². The fourth-order valence-electron chi connectivity index (χ4n) is 2.51. The molecule has 0 radical (unpaired) electrons. The minimum Gasteiger partial charge on any atom is -0.465 e. The SMILES string of the molecule is COC(=O)c1ccsc1N1CCC(NC(=O)CC(CN)OC)C1=O.Cl. The average Bonchev–Trinajstić information content (AvgIpc) is 3.19. The van der Waals surface area contributed by atoms with Crippen LogP contribution in [0.25, 0.3) is 0 Å². The molecular weight excluding hydrogens is 370 g/mol. The number of hydrogen-bond acceptors (Lipinski definition) is 7. The van der Waals surface area contributed by atoms with Gasteiger partial charge in [0.15, 0.2) is 0 Å². The van der Waals surface area contributed by atoms with Crippen molar-refractivity contribution in [1.82, 2.24) is 5.32 Å². The van der Waals surface area contributed by atoms with E-state index in [-0.39, 0.29) is 43.3 Å². The molecule has 140 valence electrons. The number of anilines is 1. The van der Waals surface area contributed by atoms with Gasteiger partial charge in [0.25, 0.3) is 0 Å². The summed E-state index contributed by atoms with van der Waals surface area (Å²) in [4.78, 5) is 37.8. The van der Waals surface area contributed by atoms with Crippen LogP contribution in [0.4, 0.5) is 5.00 Å². The normalized spacial score (nSPS) is 17.8. The quantitative estimate of drug-likeness (QED) is 0.656. The van der Waals surface area contributed by atoms with Gasteiger partial charge in [0.1, 0.15) is 11.0 Å². The third kappa shape index (κ3) is 4.91. The first-order chi connectivity index (χ1) is 11.5. The summed E-state index contributed by atoms with van der Waals surface area (Å²) in [6.07, 6.45) is 0.202. The van der Waals surface area contributed by atoms with Gasteiger partial charge in [-0.2, -0.15) is 0 Å². The van der Waals surface area contributed by atoms with Crippen LogP contribution in [0.2, 0.25) is 0 Å². The lowest BCUT2D eigenvalue weighted by atomic mass is 10.2. The third-order valence-electron chi connectivity index (χ3n) is 3.85. The Morgan fingerprint density at radius 2 is 2.20 bits per heavy atom. The fourth-order valence-corrected chi connectivity index (χ4v) is 3.43. The van der Waals surface area contributed by atoms with Crippen molar-refractivity contribution in [3.05, 3.63) is 17.0 Å². The van der Waals surface area contributed by atoms with Crippen molar-refractivity contribution in [2.24, 2.45) is 5.73 Å². The zero-order valence-corrected chi connectivity index (χ0v) is 15.7. The number of carbonyl (C=O) groups is 3. The highest BCUT2D eigenvalue weighted by Crippen LogP contribution is 2.31. The molecule has 0 aromatic carbocycles. The van der Waals surface area contributed by atoms with Crippen molar-refractivity contribution in [2.75, 3.05) is 32.2 Å². The number of nitrogens with zero attached hydrogens (tertiary/aromatic N) is 1. The first kappa shape index (κ1) is 21.4. The molecule has 1 aromatic heterocycles. The lowest BCUT2D eigenvalue weighted by Crippen LogP contribution is -2.43.